The Morgan fingerprint density at radius 2 is 1.67 bits per heavy atom. The summed E-state index contributed by atoms with van der Waals surface area (Å²) in [5.41, 5.74) is 1.26. The first-order chi connectivity index (χ1) is 5.63. The topological polar surface area (TPSA) is 0 Å². The summed E-state index contributed by atoms with van der Waals surface area (Å²) in [6, 6.07) is 8.07. The van der Waals surface area contributed by atoms with E-state index in [-0.39, 0.29) is 0 Å². The molecule has 1 heteroatoms. The van der Waals surface area contributed by atoms with E-state index in [1.54, 1.807) is 0 Å². The zero-order valence-electron chi connectivity index (χ0n) is 7.84. The molecule has 0 heterocycles. The Morgan fingerprint density at radius 1 is 1.08 bits per heavy atom. The molecule has 0 unspecified atom stereocenters. The first kappa shape index (κ1) is 9.60. The average Bonchev–Trinajstić information content (AvgIpc) is 2.04. The third kappa shape index (κ3) is 2.01. The minimum absolute atomic E-state index is 0.540. The smallest absolute Gasteiger partial charge is 0.0440 e. The molecule has 0 bridgehead atoms. The number of hydrogen-bond acceptors (Lipinski definition) is 0. The van der Waals surface area contributed by atoms with Crippen LogP contribution in [0.2, 0.25) is 5.02 Å². The minimum atomic E-state index is 0.540. The van der Waals surface area contributed by atoms with Crippen molar-refractivity contribution < 1.29 is 0 Å². The van der Waals surface area contributed by atoms with E-state index in [0.717, 1.165) is 5.02 Å². The van der Waals surface area contributed by atoms with Crippen LogP contribution in [0.1, 0.15) is 32.3 Å². The molecule has 0 aliphatic carbocycles. The first-order valence-electron chi connectivity index (χ1n) is 4.37. The van der Waals surface area contributed by atoms with Crippen LogP contribution in [0, 0.1) is 5.92 Å². The maximum absolute atomic E-state index is 6.06. The zero-order chi connectivity index (χ0) is 9.14. The molecule has 0 amide bonds. The molecule has 0 aromatic heterocycles. The van der Waals surface area contributed by atoms with Gasteiger partial charge in [0.05, 0.1) is 0 Å². The van der Waals surface area contributed by atoms with Crippen molar-refractivity contribution in [3.63, 3.8) is 0 Å². The van der Waals surface area contributed by atoms with Gasteiger partial charge in [-0.15, -0.1) is 0 Å². The van der Waals surface area contributed by atoms with E-state index in [4.69, 9.17) is 11.6 Å². The van der Waals surface area contributed by atoms with E-state index in [1.165, 1.54) is 5.56 Å². The molecule has 1 aromatic carbocycles. The van der Waals surface area contributed by atoms with E-state index in [1.807, 2.05) is 18.2 Å². The lowest BCUT2D eigenvalue weighted by molar-refractivity contribution is 0.535. The largest absolute Gasteiger partial charge is 0.0840 e. The van der Waals surface area contributed by atoms with Crippen molar-refractivity contribution in [3.8, 4) is 0 Å². The average molecular weight is 183 g/mol. The molecule has 12 heavy (non-hydrogen) atoms. The van der Waals surface area contributed by atoms with Crippen LogP contribution in [-0.4, -0.2) is 0 Å². The molecular weight excluding hydrogens is 168 g/mol. The Bertz CT molecular complexity index is 253. The number of benzene rings is 1. The summed E-state index contributed by atoms with van der Waals surface area (Å²) >= 11 is 6.06. The van der Waals surface area contributed by atoms with Gasteiger partial charge in [-0.25, -0.2) is 0 Å². The fourth-order valence-corrected chi connectivity index (χ4v) is 1.51. The lowest BCUT2D eigenvalue weighted by Gasteiger charge is -2.16. The molecular formula is C11H15Cl. The van der Waals surface area contributed by atoms with E-state index >= 15 is 0 Å². The fraction of sp³-hybridized carbons (Fsp3) is 0.455. The third-order valence-corrected chi connectivity index (χ3v) is 2.74. The maximum Gasteiger partial charge on any atom is 0.0440 e. The van der Waals surface area contributed by atoms with E-state index in [2.05, 4.69) is 26.8 Å². The van der Waals surface area contributed by atoms with Gasteiger partial charge < -0.3 is 0 Å². The van der Waals surface area contributed by atoms with E-state index < -0.39 is 0 Å². The van der Waals surface area contributed by atoms with Gasteiger partial charge in [0.1, 0.15) is 0 Å². The van der Waals surface area contributed by atoms with Gasteiger partial charge in [0.25, 0.3) is 0 Å². The summed E-state index contributed by atoms with van der Waals surface area (Å²) < 4.78 is 0. The highest BCUT2D eigenvalue weighted by atomic mass is 35.5. The highest BCUT2D eigenvalue weighted by Crippen LogP contribution is 2.29. The van der Waals surface area contributed by atoms with Gasteiger partial charge in [0.2, 0.25) is 0 Å². The van der Waals surface area contributed by atoms with Crippen LogP contribution in [0.25, 0.3) is 0 Å². The maximum atomic E-state index is 6.06. The SMILES string of the molecule is CC(C)[C@@H](C)c1ccccc1Cl. The zero-order valence-corrected chi connectivity index (χ0v) is 8.60. The van der Waals surface area contributed by atoms with Gasteiger partial charge in [-0.2, -0.15) is 0 Å². The van der Waals surface area contributed by atoms with Crippen molar-refractivity contribution in [3.05, 3.63) is 34.9 Å². The normalized spacial score (nSPS) is 13.4. The monoisotopic (exact) mass is 182 g/mol. The van der Waals surface area contributed by atoms with Crippen LogP contribution >= 0.6 is 11.6 Å². The predicted molar refractivity (Wildman–Crippen MR) is 54.7 cm³/mol. The third-order valence-electron chi connectivity index (χ3n) is 2.40. The highest BCUT2D eigenvalue weighted by molar-refractivity contribution is 6.31. The van der Waals surface area contributed by atoms with Crippen LogP contribution in [-0.2, 0) is 0 Å². The summed E-state index contributed by atoms with van der Waals surface area (Å²) in [5.74, 6) is 1.18. The van der Waals surface area contributed by atoms with Crippen molar-refractivity contribution in [2.24, 2.45) is 5.92 Å². The lowest BCUT2D eigenvalue weighted by Crippen LogP contribution is -2.02. The van der Waals surface area contributed by atoms with Crippen LogP contribution in [0.5, 0.6) is 0 Å². The van der Waals surface area contributed by atoms with Crippen molar-refractivity contribution in [2.75, 3.05) is 0 Å². The van der Waals surface area contributed by atoms with Crippen molar-refractivity contribution in [2.45, 2.75) is 26.7 Å². The van der Waals surface area contributed by atoms with Crippen LogP contribution in [0.4, 0.5) is 0 Å². The van der Waals surface area contributed by atoms with Crippen molar-refractivity contribution in [1.82, 2.24) is 0 Å². The van der Waals surface area contributed by atoms with Crippen LogP contribution < -0.4 is 0 Å². The Hall–Kier alpha value is -0.490. The van der Waals surface area contributed by atoms with Crippen LogP contribution in [0.15, 0.2) is 24.3 Å². The summed E-state index contributed by atoms with van der Waals surface area (Å²) in [6.45, 7) is 6.65. The number of halogens is 1. The molecule has 1 rings (SSSR count). The molecule has 1 aromatic rings. The molecule has 0 aliphatic heterocycles. The molecule has 66 valence electrons. The van der Waals surface area contributed by atoms with Gasteiger partial charge in [-0.3, -0.25) is 0 Å². The quantitative estimate of drug-likeness (QED) is 0.646. The first-order valence-corrected chi connectivity index (χ1v) is 4.75. The van der Waals surface area contributed by atoms with Gasteiger partial charge in [0.15, 0.2) is 0 Å². The Labute approximate surface area is 79.6 Å². The van der Waals surface area contributed by atoms with E-state index in [9.17, 15) is 0 Å². The van der Waals surface area contributed by atoms with Gasteiger partial charge >= 0.3 is 0 Å². The standard InChI is InChI=1S/C11H15Cl/c1-8(2)9(3)10-6-4-5-7-11(10)12/h4-9H,1-3H3/t9-/m1/s1. The second-order valence-corrected chi connectivity index (χ2v) is 3.96. The lowest BCUT2D eigenvalue weighted by atomic mass is 9.90. The summed E-state index contributed by atoms with van der Waals surface area (Å²) in [4.78, 5) is 0. The fourth-order valence-electron chi connectivity index (χ4n) is 1.20. The predicted octanol–water partition coefficient (Wildman–Crippen LogP) is 4.10. The van der Waals surface area contributed by atoms with Gasteiger partial charge in [-0.05, 0) is 23.5 Å². The molecule has 0 N–H and O–H groups in total. The summed E-state index contributed by atoms with van der Waals surface area (Å²) in [6.07, 6.45) is 0. The van der Waals surface area contributed by atoms with E-state index in [0.29, 0.717) is 11.8 Å². The second-order valence-electron chi connectivity index (χ2n) is 3.55. The molecule has 1 atom stereocenters. The van der Waals surface area contributed by atoms with Gasteiger partial charge in [0, 0.05) is 5.02 Å². The molecule has 0 radical (unpaired) electrons. The van der Waals surface area contributed by atoms with Gasteiger partial charge in [-0.1, -0.05) is 50.6 Å². The molecule has 0 nitrogen and oxygen atoms in total. The van der Waals surface area contributed by atoms with Crippen molar-refractivity contribution in [1.29, 1.82) is 0 Å². The van der Waals surface area contributed by atoms with Crippen LogP contribution in [0.3, 0.4) is 0 Å². The van der Waals surface area contributed by atoms with Crippen molar-refractivity contribution >= 4 is 11.6 Å². The molecule has 0 spiro atoms. The number of rotatable bonds is 2. The highest BCUT2D eigenvalue weighted by Gasteiger charge is 2.11. The summed E-state index contributed by atoms with van der Waals surface area (Å²) in [7, 11) is 0. The number of hydrogen-bond donors (Lipinski definition) is 0. The Kier molecular flexibility index (Phi) is 3.16. The molecule has 0 saturated heterocycles. The second kappa shape index (κ2) is 3.95. The molecule has 0 aliphatic rings. The Morgan fingerprint density at radius 3 is 2.17 bits per heavy atom. The summed E-state index contributed by atoms with van der Waals surface area (Å²) in [5, 5.41) is 0.888. The molecule has 0 saturated carbocycles. The minimum Gasteiger partial charge on any atom is -0.0840 e. The molecule has 0 fully saturated rings. The Balaban J connectivity index is 2.94.